The molecular formula is C23H14ClN5O3. The number of fused-ring (bicyclic) bond motifs is 1. The average molecular weight is 444 g/mol. The second kappa shape index (κ2) is 7.75. The van der Waals surface area contributed by atoms with E-state index in [0.29, 0.717) is 39.0 Å². The molecule has 9 heteroatoms. The van der Waals surface area contributed by atoms with Crippen LogP contribution in [-0.4, -0.2) is 24.3 Å². The number of hydrogen-bond acceptors (Lipinski definition) is 5. The topological polar surface area (TPSA) is 106 Å². The summed E-state index contributed by atoms with van der Waals surface area (Å²) in [4.78, 5) is 34.7. The van der Waals surface area contributed by atoms with Crippen molar-refractivity contribution >= 4 is 22.9 Å². The lowest BCUT2D eigenvalue weighted by atomic mass is 10.1. The summed E-state index contributed by atoms with van der Waals surface area (Å²) in [6.45, 7) is 0. The zero-order chi connectivity index (χ0) is 22.2. The van der Waals surface area contributed by atoms with Crippen molar-refractivity contribution in [2.24, 2.45) is 0 Å². The van der Waals surface area contributed by atoms with Gasteiger partial charge < -0.3 is 4.98 Å². The number of benzene rings is 2. The molecular weight excluding hydrogens is 430 g/mol. The van der Waals surface area contributed by atoms with Crippen molar-refractivity contribution in [2.75, 3.05) is 0 Å². The van der Waals surface area contributed by atoms with Crippen molar-refractivity contribution in [1.29, 1.82) is 0 Å². The molecule has 3 heterocycles. The third-order valence-corrected chi connectivity index (χ3v) is 5.25. The van der Waals surface area contributed by atoms with E-state index in [-0.39, 0.29) is 5.69 Å². The molecule has 0 unspecified atom stereocenters. The Kier molecular flexibility index (Phi) is 4.76. The van der Waals surface area contributed by atoms with E-state index in [1.54, 1.807) is 30.3 Å². The monoisotopic (exact) mass is 443 g/mol. The maximum absolute atomic E-state index is 12.5. The van der Waals surface area contributed by atoms with Crippen LogP contribution in [0.3, 0.4) is 0 Å². The number of H-pyrrole nitrogens is 1. The highest BCUT2D eigenvalue weighted by molar-refractivity contribution is 6.30. The lowest BCUT2D eigenvalue weighted by Crippen LogP contribution is -2.12. The van der Waals surface area contributed by atoms with Crippen LogP contribution in [0.4, 0.5) is 5.69 Å². The molecule has 0 spiro atoms. The van der Waals surface area contributed by atoms with Crippen LogP contribution in [0.5, 0.6) is 0 Å². The van der Waals surface area contributed by atoms with Crippen LogP contribution in [-0.2, 0) is 0 Å². The third-order valence-electron chi connectivity index (χ3n) is 5.00. The molecule has 3 aromatic heterocycles. The number of hydrogen-bond donors (Lipinski definition) is 1. The SMILES string of the molecule is O=c1nc(-c2cccc([N+](=O)[O-])c2)cc(-c2c(-c3ccc(Cl)cc3)nc3ccccn23)[nH]1. The lowest BCUT2D eigenvalue weighted by molar-refractivity contribution is -0.384. The maximum atomic E-state index is 12.5. The molecule has 0 fully saturated rings. The van der Waals surface area contributed by atoms with Crippen LogP contribution < -0.4 is 5.69 Å². The standard InChI is InChI=1S/C23H14ClN5O3/c24-16-9-7-14(8-10-16)21-22(28-11-2-1-6-20(28)27-21)19-13-18(25-23(30)26-19)15-4-3-5-17(12-15)29(31)32/h1-13H,(H,25,26,30). The van der Waals surface area contributed by atoms with Crippen molar-refractivity contribution in [3.8, 4) is 33.9 Å². The van der Waals surface area contributed by atoms with Crippen LogP contribution in [0.25, 0.3) is 39.5 Å². The highest BCUT2D eigenvalue weighted by Gasteiger charge is 2.18. The molecule has 2 aromatic carbocycles. The fourth-order valence-electron chi connectivity index (χ4n) is 3.57. The van der Waals surface area contributed by atoms with Gasteiger partial charge >= 0.3 is 5.69 Å². The van der Waals surface area contributed by atoms with E-state index in [4.69, 9.17) is 16.6 Å². The summed E-state index contributed by atoms with van der Waals surface area (Å²) >= 11 is 6.05. The zero-order valence-electron chi connectivity index (χ0n) is 16.4. The van der Waals surface area contributed by atoms with Gasteiger partial charge in [-0.25, -0.2) is 9.78 Å². The number of nitro benzene ring substituents is 1. The number of nitrogens with zero attached hydrogens (tertiary/aromatic N) is 4. The molecule has 5 aromatic rings. The van der Waals surface area contributed by atoms with E-state index >= 15 is 0 Å². The van der Waals surface area contributed by atoms with Gasteiger partial charge in [0.1, 0.15) is 5.65 Å². The quantitative estimate of drug-likeness (QED) is 0.311. The molecule has 0 amide bonds. The van der Waals surface area contributed by atoms with Crippen LogP contribution in [0.15, 0.2) is 83.8 Å². The van der Waals surface area contributed by atoms with Crippen LogP contribution >= 0.6 is 11.6 Å². The number of aromatic amines is 1. The number of halogens is 1. The maximum Gasteiger partial charge on any atom is 0.346 e. The van der Waals surface area contributed by atoms with Crippen molar-refractivity contribution in [3.63, 3.8) is 0 Å². The van der Waals surface area contributed by atoms with Gasteiger partial charge in [0.25, 0.3) is 5.69 Å². The Labute approximate surface area is 185 Å². The number of aromatic nitrogens is 4. The van der Waals surface area contributed by atoms with Gasteiger partial charge in [-0.05, 0) is 30.3 Å². The van der Waals surface area contributed by atoms with E-state index in [9.17, 15) is 14.9 Å². The number of nitrogens with one attached hydrogen (secondary N) is 1. The molecule has 0 bridgehead atoms. The Morgan fingerprint density at radius 3 is 2.53 bits per heavy atom. The Hall–Kier alpha value is -4.30. The Morgan fingerprint density at radius 1 is 0.938 bits per heavy atom. The minimum atomic E-state index is -0.572. The minimum Gasteiger partial charge on any atom is -0.304 e. The van der Waals surface area contributed by atoms with Crippen molar-refractivity contribution in [3.05, 3.63) is 105 Å². The van der Waals surface area contributed by atoms with Gasteiger partial charge in [0.15, 0.2) is 0 Å². The molecule has 5 rings (SSSR count). The zero-order valence-corrected chi connectivity index (χ0v) is 17.2. The van der Waals surface area contributed by atoms with E-state index in [1.807, 2.05) is 40.9 Å². The summed E-state index contributed by atoms with van der Waals surface area (Å²) < 4.78 is 1.87. The first-order valence-corrected chi connectivity index (χ1v) is 9.97. The molecule has 0 saturated carbocycles. The largest absolute Gasteiger partial charge is 0.346 e. The number of pyridine rings is 1. The Morgan fingerprint density at radius 2 is 1.75 bits per heavy atom. The fourth-order valence-corrected chi connectivity index (χ4v) is 3.70. The van der Waals surface area contributed by atoms with Gasteiger partial charge in [-0.2, -0.15) is 4.98 Å². The van der Waals surface area contributed by atoms with E-state index in [2.05, 4.69) is 9.97 Å². The first-order valence-electron chi connectivity index (χ1n) is 9.59. The predicted molar refractivity (Wildman–Crippen MR) is 122 cm³/mol. The molecule has 0 atom stereocenters. The smallest absolute Gasteiger partial charge is 0.304 e. The molecule has 0 aliphatic carbocycles. The second-order valence-corrected chi connectivity index (χ2v) is 7.47. The van der Waals surface area contributed by atoms with Gasteiger partial charge in [-0.3, -0.25) is 14.5 Å². The first kappa shape index (κ1) is 19.7. The number of imidazole rings is 1. The van der Waals surface area contributed by atoms with Crippen LogP contribution in [0.1, 0.15) is 0 Å². The first-order chi connectivity index (χ1) is 15.5. The van der Waals surface area contributed by atoms with Gasteiger partial charge in [-0.15, -0.1) is 0 Å². The van der Waals surface area contributed by atoms with Crippen molar-refractivity contribution in [1.82, 2.24) is 19.4 Å². The molecule has 0 saturated heterocycles. The van der Waals surface area contributed by atoms with Gasteiger partial charge in [0.05, 0.1) is 27.7 Å². The van der Waals surface area contributed by atoms with E-state index < -0.39 is 10.6 Å². The summed E-state index contributed by atoms with van der Waals surface area (Å²) in [6, 6.07) is 20.6. The third kappa shape index (κ3) is 3.52. The van der Waals surface area contributed by atoms with Crippen LogP contribution in [0, 0.1) is 10.1 Å². The lowest BCUT2D eigenvalue weighted by Gasteiger charge is -2.08. The molecule has 0 radical (unpaired) electrons. The average Bonchev–Trinajstić information content (AvgIpc) is 3.19. The van der Waals surface area contributed by atoms with Gasteiger partial charge in [-0.1, -0.05) is 41.9 Å². The molecule has 0 aliphatic heterocycles. The normalized spacial score (nSPS) is 11.0. The number of non-ortho nitro benzene ring substituents is 1. The number of rotatable bonds is 4. The molecule has 8 nitrogen and oxygen atoms in total. The van der Waals surface area contributed by atoms with Gasteiger partial charge in [0.2, 0.25) is 0 Å². The predicted octanol–water partition coefficient (Wildman–Crippen LogP) is 4.98. The summed E-state index contributed by atoms with van der Waals surface area (Å²) in [5.74, 6) is 0. The Balaban J connectivity index is 1.75. The molecule has 156 valence electrons. The minimum absolute atomic E-state index is 0.0808. The van der Waals surface area contributed by atoms with Gasteiger partial charge in [0, 0.05) is 34.5 Å². The highest BCUT2D eigenvalue weighted by Crippen LogP contribution is 2.33. The second-order valence-electron chi connectivity index (χ2n) is 7.04. The number of nitro groups is 1. The highest BCUT2D eigenvalue weighted by atomic mass is 35.5. The summed E-state index contributed by atoms with van der Waals surface area (Å²) in [6.07, 6.45) is 1.85. The van der Waals surface area contributed by atoms with Crippen molar-refractivity contribution in [2.45, 2.75) is 0 Å². The van der Waals surface area contributed by atoms with Crippen LogP contribution in [0.2, 0.25) is 5.02 Å². The summed E-state index contributed by atoms with van der Waals surface area (Å²) in [5, 5.41) is 11.8. The van der Waals surface area contributed by atoms with Crippen molar-refractivity contribution < 1.29 is 4.92 Å². The van der Waals surface area contributed by atoms with E-state index in [1.165, 1.54) is 12.1 Å². The molecule has 0 aliphatic rings. The summed E-state index contributed by atoms with van der Waals surface area (Å²) in [5.41, 5.74) is 3.45. The fraction of sp³-hybridized carbons (Fsp3) is 0. The Bertz CT molecular complexity index is 1540. The van der Waals surface area contributed by atoms with E-state index in [0.717, 1.165) is 5.56 Å². The molecule has 32 heavy (non-hydrogen) atoms. The summed E-state index contributed by atoms with van der Waals surface area (Å²) in [7, 11) is 0. The molecule has 1 N–H and O–H groups in total.